The lowest BCUT2D eigenvalue weighted by atomic mass is 10.2. The fourth-order valence-electron chi connectivity index (χ4n) is 1.71. The third-order valence-corrected chi connectivity index (χ3v) is 4.20. The van der Waals surface area contributed by atoms with E-state index in [9.17, 15) is 19.7 Å². The van der Waals surface area contributed by atoms with Gasteiger partial charge in [0.2, 0.25) is 0 Å². The van der Waals surface area contributed by atoms with Gasteiger partial charge >= 0.3 is 0 Å². The number of non-ortho nitro benzene ring substituents is 1. The molecule has 1 aromatic carbocycles. The van der Waals surface area contributed by atoms with Crippen LogP contribution in [0, 0.1) is 21.4 Å². The third-order valence-electron chi connectivity index (χ3n) is 2.87. The Morgan fingerprint density at radius 3 is 2.54 bits per heavy atom. The summed E-state index contributed by atoms with van der Waals surface area (Å²) in [6.07, 6.45) is 2.50. The number of carbonyl (C=O) groups excluding carboxylic acids is 2. The number of primary amides is 1. The Kier molecular flexibility index (Phi) is 5.08. The van der Waals surface area contributed by atoms with E-state index in [1.54, 1.807) is 6.07 Å². The molecule has 2 rings (SSSR count). The van der Waals surface area contributed by atoms with Crippen molar-refractivity contribution in [3.63, 3.8) is 0 Å². The first-order valence-corrected chi connectivity index (χ1v) is 7.49. The van der Waals surface area contributed by atoms with E-state index >= 15 is 0 Å². The van der Waals surface area contributed by atoms with Crippen LogP contribution in [0.15, 0.2) is 40.9 Å². The number of thiocarbonyl (C=S) groups is 1. The molecule has 8 nitrogen and oxygen atoms in total. The topological polar surface area (TPSA) is 130 Å². The number of nitrogens with two attached hydrogens (primary N) is 1. The molecule has 1 heterocycles. The maximum atomic E-state index is 12.3. The molecule has 0 bridgehead atoms. The predicted molar refractivity (Wildman–Crippen MR) is 91.0 cm³/mol. The molecular formula is C14H8N4O4S2. The minimum absolute atomic E-state index is 0.0669. The van der Waals surface area contributed by atoms with Gasteiger partial charge in [0.15, 0.2) is 4.32 Å². The predicted octanol–water partition coefficient (Wildman–Crippen LogP) is 1.69. The van der Waals surface area contributed by atoms with Gasteiger partial charge in [-0.15, -0.1) is 0 Å². The second-order valence-corrected chi connectivity index (χ2v) is 6.09. The Morgan fingerprint density at radius 1 is 1.42 bits per heavy atom. The van der Waals surface area contributed by atoms with Gasteiger partial charge in [0.25, 0.3) is 17.5 Å². The smallest absolute Gasteiger partial charge is 0.270 e. The molecule has 0 spiro atoms. The summed E-state index contributed by atoms with van der Waals surface area (Å²) in [5.41, 5.74) is 5.13. The van der Waals surface area contributed by atoms with E-state index < -0.39 is 22.3 Å². The minimum atomic E-state index is -0.967. The zero-order chi connectivity index (χ0) is 17.9. The van der Waals surface area contributed by atoms with Gasteiger partial charge in [-0.3, -0.25) is 24.6 Å². The van der Waals surface area contributed by atoms with Gasteiger partial charge in [-0.1, -0.05) is 24.0 Å². The van der Waals surface area contributed by atoms with Crippen molar-refractivity contribution in [1.29, 1.82) is 5.26 Å². The number of nitro groups is 1. The normalized spacial score (nSPS) is 16.4. The zero-order valence-electron chi connectivity index (χ0n) is 11.8. The van der Waals surface area contributed by atoms with Crippen LogP contribution in [0.5, 0.6) is 0 Å². The van der Waals surface area contributed by atoms with Crippen LogP contribution in [0.1, 0.15) is 5.56 Å². The Morgan fingerprint density at radius 2 is 2.04 bits per heavy atom. The van der Waals surface area contributed by atoms with Gasteiger partial charge in [0.05, 0.1) is 9.83 Å². The molecule has 2 N–H and O–H groups in total. The van der Waals surface area contributed by atoms with Gasteiger partial charge in [0, 0.05) is 18.3 Å². The van der Waals surface area contributed by atoms with E-state index in [0.717, 1.165) is 22.9 Å². The first-order chi connectivity index (χ1) is 11.3. The summed E-state index contributed by atoms with van der Waals surface area (Å²) in [5.74, 6) is -1.48. The number of amides is 2. The molecule has 0 aromatic heterocycles. The van der Waals surface area contributed by atoms with Gasteiger partial charge in [-0.25, -0.2) is 0 Å². The molecule has 0 saturated carbocycles. The second-order valence-electron chi connectivity index (χ2n) is 4.42. The molecule has 1 fully saturated rings. The summed E-state index contributed by atoms with van der Waals surface area (Å²) < 4.78 is 0.141. The van der Waals surface area contributed by atoms with Crippen LogP contribution in [0.25, 0.3) is 6.08 Å². The average Bonchev–Trinajstić information content (AvgIpc) is 2.79. The summed E-state index contributed by atoms with van der Waals surface area (Å²) in [7, 11) is 0. The highest BCUT2D eigenvalue weighted by molar-refractivity contribution is 8.26. The molecule has 1 aliphatic rings. The lowest BCUT2D eigenvalue weighted by Gasteiger charge is -2.07. The molecule has 2 amide bonds. The van der Waals surface area contributed by atoms with Crippen molar-refractivity contribution < 1.29 is 14.5 Å². The minimum Gasteiger partial charge on any atom is -0.365 e. The highest BCUT2D eigenvalue weighted by Crippen LogP contribution is 2.33. The molecule has 0 atom stereocenters. The quantitative estimate of drug-likeness (QED) is 0.284. The summed E-state index contributed by atoms with van der Waals surface area (Å²) in [6, 6.07) is 7.20. The van der Waals surface area contributed by atoms with Gasteiger partial charge in [0.1, 0.15) is 11.6 Å². The van der Waals surface area contributed by atoms with Crippen LogP contribution in [0.3, 0.4) is 0 Å². The lowest BCUT2D eigenvalue weighted by molar-refractivity contribution is -0.384. The highest BCUT2D eigenvalue weighted by atomic mass is 32.2. The van der Waals surface area contributed by atoms with Crippen molar-refractivity contribution in [3.8, 4) is 6.07 Å². The van der Waals surface area contributed by atoms with E-state index in [2.05, 4.69) is 0 Å². The summed E-state index contributed by atoms with van der Waals surface area (Å²) in [5, 5.41) is 19.4. The number of hydrogen-bond donors (Lipinski definition) is 1. The van der Waals surface area contributed by atoms with Gasteiger partial charge in [-0.2, -0.15) is 5.26 Å². The first-order valence-electron chi connectivity index (χ1n) is 6.26. The van der Waals surface area contributed by atoms with Crippen LogP contribution >= 0.6 is 24.0 Å². The standard InChI is InChI=1S/C14H8N4O4S2/c15-6-9(12(16)19)7-17-13(20)11(24-14(17)23)5-8-1-3-10(4-2-8)18(21)22/h1-5,7H,(H2,16,19)/b9-7-,11-5-. The number of hydrogen-bond acceptors (Lipinski definition) is 7. The Bertz CT molecular complexity index is 853. The fraction of sp³-hybridized carbons (Fsp3) is 0. The number of nitrogens with zero attached hydrogens (tertiary/aromatic N) is 3. The fourth-order valence-corrected chi connectivity index (χ4v) is 2.92. The molecular weight excluding hydrogens is 352 g/mol. The van der Waals surface area contributed by atoms with Crippen LogP contribution in [0.2, 0.25) is 0 Å². The van der Waals surface area contributed by atoms with Crippen molar-refractivity contribution in [2.75, 3.05) is 0 Å². The monoisotopic (exact) mass is 360 g/mol. The molecule has 24 heavy (non-hydrogen) atoms. The van der Waals surface area contributed by atoms with E-state index in [4.69, 9.17) is 23.2 Å². The largest absolute Gasteiger partial charge is 0.365 e. The lowest BCUT2D eigenvalue weighted by Crippen LogP contribution is -2.24. The van der Waals surface area contributed by atoms with Crippen molar-refractivity contribution in [2.45, 2.75) is 0 Å². The average molecular weight is 360 g/mol. The molecule has 0 unspecified atom stereocenters. The molecule has 0 radical (unpaired) electrons. The molecule has 1 aromatic rings. The number of rotatable bonds is 4. The summed E-state index contributed by atoms with van der Waals surface area (Å²) >= 11 is 6.03. The summed E-state index contributed by atoms with van der Waals surface area (Å²) in [4.78, 5) is 34.7. The SMILES string of the molecule is N#C/C(=C/N1C(=O)/C(=C/c2ccc([N+](=O)[O-])cc2)SC1=S)C(N)=O. The molecule has 120 valence electrons. The zero-order valence-corrected chi connectivity index (χ0v) is 13.5. The van der Waals surface area contributed by atoms with Gasteiger partial charge < -0.3 is 5.73 Å². The van der Waals surface area contributed by atoms with Gasteiger partial charge in [-0.05, 0) is 23.8 Å². The van der Waals surface area contributed by atoms with Crippen LogP contribution < -0.4 is 5.73 Å². The molecule has 1 saturated heterocycles. The van der Waals surface area contributed by atoms with E-state index in [0.29, 0.717) is 5.56 Å². The van der Waals surface area contributed by atoms with Crippen molar-refractivity contribution in [2.24, 2.45) is 5.73 Å². The first kappa shape index (κ1) is 17.3. The number of thioether (sulfide) groups is 1. The van der Waals surface area contributed by atoms with Crippen LogP contribution in [0.4, 0.5) is 5.69 Å². The van der Waals surface area contributed by atoms with E-state index in [1.807, 2.05) is 0 Å². The van der Waals surface area contributed by atoms with Crippen molar-refractivity contribution in [1.82, 2.24) is 4.90 Å². The number of nitriles is 1. The Balaban J connectivity index is 2.29. The number of benzene rings is 1. The number of carbonyl (C=O) groups is 2. The Hall–Kier alpha value is -3.03. The maximum Gasteiger partial charge on any atom is 0.270 e. The molecule has 0 aliphatic carbocycles. The summed E-state index contributed by atoms with van der Waals surface area (Å²) in [6.45, 7) is 0. The van der Waals surface area contributed by atoms with Crippen LogP contribution in [-0.4, -0.2) is 26.0 Å². The second kappa shape index (κ2) is 7.03. The molecule has 10 heteroatoms. The van der Waals surface area contributed by atoms with Crippen LogP contribution in [-0.2, 0) is 9.59 Å². The number of nitro benzene ring substituents is 1. The molecule has 1 aliphatic heterocycles. The van der Waals surface area contributed by atoms with Crippen molar-refractivity contribution in [3.05, 3.63) is 56.6 Å². The highest BCUT2D eigenvalue weighted by Gasteiger charge is 2.31. The van der Waals surface area contributed by atoms with Crippen molar-refractivity contribution >= 4 is 51.9 Å². The Labute approximate surface area is 145 Å². The third kappa shape index (κ3) is 3.65. The maximum absolute atomic E-state index is 12.3. The van der Waals surface area contributed by atoms with E-state index in [-0.39, 0.29) is 14.9 Å². The van der Waals surface area contributed by atoms with E-state index in [1.165, 1.54) is 30.3 Å².